The Morgan fingerprint density at radius 2 is 1.43 bits per heavy atom. The molecular weight excluding hydrogens is 508 g/mol. The topological polar surface area (TPSA) is 107 Å². The van der Waals surface area contributed by atoms with Crippen molar-refractivity contribution < 1.29 is 14.7 Å². The second-order valence-electron chi connectivity index (χ2n) is 10.8. The molecule has 1 aliphatic carbocycles. The van der Waals surface area contributed by atoms with Crippen LogP contribution < -0.4 is 16.3 Å². The molecule has 2 aliphatic heterocycles. The normalized spacial score (nSPS) is 25.3. The number of anilines is 1. The van der Waals surface area contributed by atoms with Crippen LogP contribution in [0.3, 0.4) is 0 Å². The molecule has 200 valence electrons. The summed E-state index contributed by atoms with van der Waals surface area (Å²) in [5.74, 6) is -1.84. The summed E-state index contributed by atoms with van der Waals surface area (Å²) >= 11 is 0. The summed E-state index contributed by atoms with van der Waals surface area (Å²) in [5.41, 5.74) is 0.444. The predicted octanol–water partition coefficient (Wildman–Crippen LogP) is 3.37. The molecule has 1 N–H and O–H groups in total. The van der Waals surface area contributed by atoms with Crippen LogP contribution in [0, 0.1) is 11.3 Å². The van der Waals surface area contributed by atoms with E-state index in [1.807, 2.05) is 25.1 Å². The molecule has 2 amide bonds. The molecule has 4 aromatic rings. The number of benzene rings is 3. The third kappa shape index (κ3) is 3.14. The fraction of sp³-hybridized carbons (Fsp3) is 0.226. The molecule has 9 heteroatoms. The van der Waals surface area contributed by atoms with Crippen molar-refractivity contribution >= 4 is 17.5 Å². The lowest BCUT2D eigenvalue weighted by Gasteiger charge is -2.47. The van der Waals surface area contributed by atoms with Gasteiger partial charge in [0.1, 0.15) is 5.75 Å². The number of fused-ring (bicyclic) bond motifs is 4. The molecule has 1 saturated heterocycles. The standard InChI is InChI=1S/C31H26N4O5/c1-31-24(27(37)33(28(31)38)20-8-4-2-5-9-20)18-25-23(26(31)19-12-14-22(36)15-13-19)16-17-32-29(39)34(30(40)35(25)32)21-10-6-3-7-11-21/h2-16,24-26,36H,17-18H2,1H3/t24-,25+,26-,31+/m0/s1. The van der Waals surface area contributed by atoms with E-state index in [4.69, 9.17) is 0 Å². The molecule has 9 nitrogen and oxygen atoms in total. The molecule has 0 radical (unpaired) electrons. The Morgan fingerprint density at radius 1 is 0.800 bits per heavy atom. The maximum Gasteiger partial charge on any atom is 0.352 e. The molecule has 3 heterocycles. The highest BCUT2D eigenvalue weighted by atomic mass is 16.3. The monoisotopic (exact) mass is 534 g/mol. The average Bonchev–Trinajstić information content (AvgIpc) is 3.34. The van der Waals surface area contributed by atoms with Crippen LogP contribution in [0.25, 0.3) is 5.69 Å². The molecular formula is C31H26N4O5. The summed E-state index contributed by atoms with van der Waals surface area (Å²) < 4.78 is 4.02. The number of carbonyl (C=O) groups is 2. The molecule has 3 aromatic carbocycles. The van der Waals surface area contributed by atoms with Gasteiger partial charge in [-0.1, -0.05) is 54.6 Å². The minimum Gasteiger partial charge on any atom is -0.508 e. The highest BCUT2D eigenvalue weighted by Gasteiger charge is 2.65. The van der Waals surface area contributed by atoms with E-state index in [1.165, 1.54) is 14.3 Å². The Kier molecular flexibility index (Phi) is 5.15. The number of imide groups is 1. The van der Waals surface area contributed by atoms with E-state index in [-0.39, 0.29) is 30.5 Å². The molecule has 1 aromatic heterocycles. The maximum absolute atomic E-state index is 14.3. The zero-order valence-electron chi connectivity index (χ0n) is 21.7. The van der Waals surface area contributed by atoms with Gasteiger partial charge < -0.3 is 5.11 Å². The van der Waals surface area contributed by atoms with Crippen LogP contribution in [0.2, 0.25) is 0 Å². The summed E-state index contributed by atoms with van der Waals surface area (Å²) in [6, 6.07) is 23.6. The van der Waals surface area contributed by atoms with Crippen LogP contribution in [0.4, 0.5) is 5.69 Å². The van der Waals surface area contributed by atoms with Crippen molar-refractivity contribution in [2.75, 3.05) is 4.90 Å². The number of allylic oxidation sites excluding steroid dienone is 2. The van der Waals surface area contributed by atoms with Crippen molar-refractivity contribution in [2.24, 2.45) is 11.3 Å². The number of para-hydroxylation sites is 2. The van der Waals surface area contributed by atoms with Gasteiger partial charge in [0, 0.05) is 5.92 Å². The fourth-order valence-electron chi connectivity index (χ4n) is 6.95. The van der Waals surface area contributed by atoms with E-state index in [9.17, 15) is 24.3 Å². The molecule has 7 rings (SSSR count). The lowest BCUT2D eigenvalue weighted by molar-refractivity contribution is -0.129. The average molecular weight is 535 g/mol. The third-order valence-corrected chi connectivity index (χ3v) is 8.79. The zero-order valence-corrected chi connectivity index (χ0v) is 21.7. The number of hydrogen-bond donors (Lipinski definition) is 1. The number of hydrogen-bond acceptors (Lipinski definition) is 5. The first-order valence-corrected chi connectivity index (χ1v) is 13.2. The van der Waals surface area contributed by atoms with Gasteiger partial charge in [0.2, 0.25) is 11.8 Å². The minimum atomic E-state index is -1.14. The largest absolute Gasteiger partial charge is 0.508 e. The van der Waals surface area contributed by atoms with Crippen molar-refractivity contribution in [3.8, 4) is 11.4 Å². The van der Waals surface area contributed by atoms with Crippen LogP contribution in [-0.2, 0) is 16.1 Å². The number of carbonyl (C=O) groups excluding carboxylic acids is 2. The van der Waals surface area contributed by atoms with E-state index in [1.54, 1.807) is 72.8 Å². The SMILES string of the molecule is C[C@@]12C(=O)N(c3ccccc3)C(=O)[C@@H]1C[C@@H]1C(=CCn3c(=O)n(-c4ccccc4)c(=O)n31)[C@@H]2c1ccc(O)cc1. The predicted molar refractivity (Wildman–Crippen MR) is 147 cm³/mol. The van der Waals surface area contributed by atoms with Crippen LogP contribution >= 0.6 is 0 Å². The molecule has 2 fully saturated rings. The zero-order chi connectivity index (χ0) is 27.8. The highest BCUT2D eigenvalue weighted by Crippen LogP contribution is 2.61. The van der Waals surface area contributed by atoms with Crippen LogP contribution in [-0.4, -0.2) is 30.9 Å². The molecule has 0 bridgehead atoms. The smallest absolute Gasteiger partial charge is 0.352 e. The number of rotatable bonds is 3. The first-order chi connectivity index (χ1) is 19.3. The second-order valence-corrected chi connectivity index (χ2v) is 10.8. The summed E-state index contributed by atoms with van der Waals surface area (Å²) in [4.78, 5) is 56.9. The van der Waals surface area contributed by atoms with Crippen molar-refractivity contribution in [3.05, 3.63) is 123 Å². The maximum atomic E-state index is 14.3. The summed E-state index contributed by atoms with van der Waals surface area (Å²) in [5, 5.41) is 10.0. The van der Waals surface area contributed by atoms with Gasteiger partial charge in [-0.25, -0.2) is 28.4 Å². The molecule has 1 saturated carbocycles. The van der Waals surface area contributed by atoms with Crippen molar-refractivity contribution in [1.29, 1.82) is 0 Å². The summed E-state index contributed by atoms with van der Waals surface area (Å²) in [6.45, 7) is 1.98. The van der Waals surface area contributed by atoms with Gasteiger partial charge in [-0.3, -0.25) is 9.59 Å². The number of phenolic OH excluding ortho intramolecular Hbond substituents is 1. The minimum absolute atomic E-state index is 0.0835. The first kappa shape index (κ1) is 24.1. The van der Waals surface area contributed by atoms with E-state index < -0.39 is 34.7 Å². The Balaban J connectivity index is 1.44. The first-order valence-electron chi connectivity index (χ1n) is 13.2. The number of amides is 2. The van der Waals surface area contributed by atoms with Gasteiger partial charge in [0.15, 0.2) is 0 Å². The summed E-state index contributed by atoms with van der Waals surface area (Å²) in [7, 11) is 0. The lowest BCUT2D eigenvalue weighted by atomic mass is 9.56. The van der Waals surface area contributed by atoms with E-state index in [2.05, 4.69) is 0 Å². The molecule has 4 atom stereocenters. The van der Waals surface area contributed by atoms with Gasteiger partial charge >= 0.3 is 11.4 Å². The van der Waals surface area contributed by atoms with Gasteiger partial charge in [0.05, 0.1) is 35.3 Å². The second kappa shape index (κ2) is 8.54. The van der Waals surface area contributed by atoms with Gasteiger partial charge in [-0.2, -0.15) is 0 Å². The van der Waals surface area contributed by atoms with Crippen LogP contribution in [0.1, 0.15) is 30.9 Å². The molecule has 0 unspecified atom stereocenters. The van der Waals surface area contributed by atoms with Crippen LogP contribution in [0.5, 0.6) is 5.75 Å². The highest BCUT2D eigenvalue weighted by molar-refractivity contribution is 6.24. The van der Waals surface area contributed by atoms with Crippen molar-refractivity contribution in [2.45, 2.75) is 31.8 Å². The van der Waals surface area contributed by atoms with E-state index in [0.717, 1.165) is 15.7 Å². The third-order valence-electron chi connectivity index (χ3n) is 8.79. The Hall–Kier alpha value is -4.92. The Morgan fingerprint density at radius 3 is 2.08 bits per heavy atom. The summed E-state index contributed by atoms with van der Waals surface area (Å²) in [6.07, 6.45) is 2.12. The Bertz CT molecular complexity index is 1820. The molecule has 3 aliphatic rings. The van der Waals surface area contributed by atoms with Crippen LogP contribution in [0.15, 0.2) is 106 Å². The number of nitrogens with zero attached hydrogens (tertiary/aromatic N) is 4. The molecule has 0 spiro atoms. The quantitative estimate of drug-likeness (QED) is 0.321. The molecule has 40 heavy (non-hydrogen) atoms. The number of aromatic nitrogens is 3. The van der Waals surface area contributed by atoms with Gasteiger partial charge in [-0.15, -0.1) is 0 Å². The van der Waals surface area contributed by atoms with Gasteiger partial charge in [0.25, 0.3) is 0 Å². The van der Waals surface area contributed by atoms with Crippen molar-refractivity contribution in [3.63, 3.8) is 0 Å². The fourth-order valence-corrected chi connectivity index (χ4v) is 6.95. The van der Waals surface area contributed by atoms with E-state index >= 15 is 0 Å². The van der Waals surface area contributed by atoms with Gasteiger partial charge in [-0.05, 0) is 60.9 Å². The van der Waals surface area contributed by atoms with E-state index in [0.29, 0.717) is 11.4 Å². The number of aromatic hydroxyl groups is 1. The number of phenols is 1. The Labute approximate surface area is 228 Å². The lowest BCUT2D eigenvalue weighted by Crippen LogP contribution is -2.49. The van der Waals surface area contributed by atoms with Crippen molar-refractivity contribution in [1.82, 2.24) is 13.9 Å².